The number of aromatic nitrogens is 3. The molecule has 3 aromatic rings. The van der Waals surface area contributed by atoms with Crippen LogP contribution in [0.4, 0.5) is 5.69 Å². The lowest BCUT2D eigenvalue weighted by molar-refractivity contribution is -0.118. The van der Waals surface area contributed by atoms with Crippen molar-refractivity contribution in [3.8, 4) is 28.6 Å². The van der Waals surface area contributed by atoms with Gasteiger partial charge in [0.25, 0.3) is 0 Å². The molecule has 1 amide bonds. The lowest BCUT2D eigenvalue weighted by Gasteiger charge is -2.30. The van der Waals surface area contributed by atoms with Crippen LogP contribution in [0.3, 0.4) is 0 Å². The molecule has 0 radical (unpaired) electrons. The smallest absolute Gasteiger partial charge is 0.247 e. The van der Waals surface area contributed by atoms with Crippen LogP contribution in [0, 0.1) is 3.57 Å². The number of halogens is 1. The molecule has 2 aromatic carbocycles. The second-order valence-electron chi connectivity index (χ2n) is 6.80. The summed E-state index contributed by atoms with van der Waals surface area (Å²) in [6, 6.07) is 11.2. The van der Waals surface area contributed by atoms with E-state index in [2.05, 4.69) is 37.8 Å². The molecule has 4 rings (SSSR count). The van der Waals surface area contributed by atoms with Crippen LogP contribution in [-0.2, 0) is 4.79 Å². The molecule has 10 heteroatoms. The highest BCUT2D eigenvalue weighted by Crippen LogP contribution is 2.45. The van der Waals surface area contributed by atoms with Crippen molar-refractivity contribution in [1.29, 1.82) is 0 Å². The van der Waals surface area contributed by atoms with Gasteiger partial charge in [0.05, 0.1) is 23.5 Å². The van der Waals surface area contributed by atoms with Gasteiger partial charge in [-0.05, 0) is 46.5 Å². The molecule has 0 unspecified atom stereocenters. The van der Waals surface area contributed by atoms with Crippen LogP contribution in [-0.4, -0.2) is 41.1 Å². The van der Waals surface area contributed by atoms with E-state index in [-0.39, 0.29) is 5.91 Å². The van der Waals surface area contributed by atoms with Crippen molar-refractivity contribution in [3.63, 3.8) is 0 Å². The number of ether oxygens (including phenoxy) is 3. The van der Waals surface area contributed by atoms with E-state index < -0.39 is 6.23 Å². The summed E-state index contributed by atoms with van der Waals surface area (Å²) in [5.74, 6) is 2.10. The Bertz CT molecular complexity index is 1180. The minimum atomic E-state index is -0.792. The standard InChI is InChI=1S/C22H21IN4O4S/c1-5-32-22-24-20-18(25-26-22)14-8-6-7-9-16(14)27(12(2)28)21(31-20)13-10-15(23)19(30-4)17(11-13)29-3/h6-11,21H,5H2,1-4H3/t21-/m0/s1. The van der Waals surface area contributed by atoms with Crippen molar-refractivity contribution in [2.75, 3.05) is 24.9 Å². The van der Waals surface area contributed by atoms with Crippen molar-refractivity contribution in [2.45, 2.75) is 25.2 Å². The Labute approximate surface area is 203 Å². The molecule has 1 atom stereocenters. The fourth-order valence-electron chi connectivity index (χ4n) is 3.54. The lowest BCUT2D eigenvalue weighted by atomic mass is 10.1. The number of fused-ring (bicyclic) bond motifs is 3. The van der Waals surface area contributed by atoms with Gasteiger partial charge in [0.1, 0.15) is 0 Å². The third kappa shape index (κ3) is 4.08. The van der Waals surface area contributed by atoms with Crippen LogP contribution in [0.5, 0.6) is 17.4 Å². The molecule has 166 valence electrons. The van der Waals surface area contributed by atoms with E-state index in [1.54, 1.807) is 19.1 Å². The summed E-state index contributed by atoms with van der Waals surface area (Å²) < 4.78 is 18.2. The van der Waals surface area contributed by atoms with Crippen LogP contribution in [0.25, 0.3) is 11.3 Å². The van der Waals surface area contributed by atoms with E-state index in [0.717, 1.165) is 14.9 Å². The van der Waals surface area contributed by atoms with Crippen LogP contribution < -0.4 is 19.1 Å². The number of benzene rings is 2. The lowest BCUT2D eigenvalue weighted by Crippen LogP contribution is -2.36. The number of carbonyl (C=O) groups is 1. The fraction of sp³-hybridized carbons (Fsp3) is 0.273. The van der Waals surface area contributed by atoms with E-state index in [4.69, 9.17) is 14.2 Å². The molecule has 1 aromatic heterocycles. The van der Waals surface area contributed by atoms with Gasteiger partial charge in [-0.25, -0.2) is 0 Å². The normalized spacial score (nSPS) is 14.7. The predicted octanol–water partition coefficient (Wildman–Crippen LogP) is 4.72. The van der Waals surface area contributed by atoms with Crippen LogP contribution in [0.1, 0.15) is 25.6 Å². The average molecular weight is 564 g/mol. The maximum Gasteiger partial charge on any atom is 0.247 e. The van der Waals surface area contributed by atoms with Gasteiger partial charge >= 0.3 is 0 Å². The zero-order valence-corrected chi connectivity index (χ0v) is 20.9. The second kappa shape index (κ2) is 9.49. The van der Waals surface area contributed by atoms with E-state index >= 15 is 0 Å². The molecule has 2 heterocycles. The van der Waals surface area contributed by atoms with Crippen LogP contribution in [0.15, 0.2) is 41.6 Å². The van der Waals surface area contributed by atoms with Crippen molar-refractivity contribution < 1.29 is 19.0 Å². The SMILES string of the molecule is CCSc1nnc2c(n1)O[C@@H](c1cc(I)c(OC)c(OC)c1)N(C(C)=O)c1ccccc1-2. The largest absolute Gasteiger partial charge is 0.493 e. The molecule has 0 aliphatic carbocycles. The van der Waals surface area contributed by atoms with E-state index in [1.165, 1.54) is 18.7 Å². The van der Waals surface area contributed by atoms with E-state index in [9.17, 15) is 4.79 Å². The van der Waals surface area contributed by atoms with Crippen LogP contribution in [0.2, 0.25) is 0 Å². The van der Waals surface area contributed by atoms with E-state index in [0.29, 0.717) is 39.5 Å². The van der Waals surface area contributed by atoms with Gasteiger partial charge in [0, 0.05) is 18.1 Å². The van der Waals surface area contributed by atoms with Gasteiger partial charge in [-0.1, -0.05) is 36.9 Å². The number of carbonyl (C=O) groups excluding carboxylic acids is 1. The summed E-state index contributed by atoms with van der Waals surface area (Å²) in [6.45, 7) is 3.52. The molecule has 0 bridgehead atoms. The molecule has 0 saturated carbocycles. The second-order valence-corrected chi connectivity index (χ2v) is 9.19. The Morgan fingerprint density at radius 1 is 1.22 bits per heavy atom. The Morgan fingerprint density at radius 2 is 2.00 bits per heavy atom. The number of thioether (sulfide) groups is 1. The quantitative estimate of drug-likeness (QED) is 0.325. The predicted molar refractivity (Wildman–Crippen MR) is 130 cm³/mol. The first-order valence-corrected chi connectivity index (χ1v) is 11.9. The zero-order chi connectivity index (χ0) is 22.8. The molecule has 1 aliphatic rings. The molecule has 32 heavy (non-hydrogen) atoms. The third-order valence-corrected chi connectivity index (χ3v) is 6.39. The Balaban J connectivity index is 1.96. The summed E-state index contributed by atoms with van der Waals surface area (Å²) in [6.07, 6.45) is -0.792. The number of nitrogens with zero attached hydrogens (tertiary/aromatic N) is 4. The number of hydrogen-bond acceptors (Lipinski definition) is 8. The summed E-state index contributed by atoms with van der Waals surface area (Å²) in [4.78, 5) is 19.1. The molecule has 0 spiro atoms. The molecule has 1 aliphatic heterocycles. The van der Waals surface area contributed by atoms with Gasteiger partial charge in [-0.3, -0.25) is 9.69 Å². The maximum atomic E-state index is 12.9. The highest BCUT2D eigenvalue weighted by Gasteiger charge is 2.35. The summed E-state index contributed by atoms with van der Waals surface area (Å²) in [5.41, 5.74) is 2.60. The number of anilines is 1. The Morgan fingerprint density at radius 3 is 2.69 bits per heavy atom. The first kappa shape index (κ1) is 22.6. The van der Waals surface area contributed by atoms with Crippen molar-refractivity contribution >= 4 is 45.9 Å². The fourth-order valence-corrected chi connectivity index (χ4v) is 4.89. The van der Waals surface area contributed by atoms with Gasteiger partial charge < -0.3 is 14.2 Å². The highest BCUT2D eigenvalue weighted by atomic mass is 127. The van der Waals surface area contributed by atoms with Crippen LogP contribution >= 0.6 is 34.4 Å². The summed E-state index contributed by atoms with van der Waals surface area (Å²) >= 11 is 3.65. The maximum absolute atomic E-state index is 12.9. The van der Waals surface area contributed by atoms with Gasteiger partial charge in [-0.15, -0.1) is 10.2 Å². The first-order valence-electron chi connectivity index (χ1n) is 9.83. The van der Waals surface area contributed by atoms with E-state index in [1.807, 2.05) is 43.3 Å². The number of methoxy groups -OCH3 is 2. The first-order chi connectivity index (χ1) is 15.5. The Hall–Kier alpha value is -2.60. The number of rotatable bonds is 5. The number of amides is 1. The minimum absolute atomic E-state index is 0.184. The van der Waals surface area contributed by atoms with Gasteiger partial charge in [-0.2, -0.15) is 4.98 Å². The average Bonchev–Trinajstić information content (AvgIpc) is 2.93. The highest BCUT2D eigenvalue weighted by molar-refractivity contribution is 14.1. The summed E-state index contributed by atoms with van der Waals surface area (Å²) in [7, 11) is 3.16. The molecule has 0 fully saturated rings. The minimum Gasteiger partial charge on any atom is -0.493 e. The van der Waals surface area contributed by atoms with Crippen molar-refractivity contribution in [2.24, 2.45) is 0 Å². The zero-order valence-electron chi connectivity index (χ0n) is 18.0. The molecule has 0 N–H and O–H groups in total. The molecular weight excluding hydrogens is 543 g/mol. The molecule has 8 nitrogen and oxygen atoms in total. The van der Waals surface area contributed by atoms with Gasteiger partial charge in [0.15, 0.2) is 17.2 Å². The topological polar surface area (TPSA) is 86.7 Å². The Kier molecular flexibility index (Phi) is 6.70. The van der Waals surface area contributed by atoms with Crippen molar-refractivity contribution in [3.05, 3.63) is 45.5 Å². The molecule has 0 saturated heterocycles. The number of para-hydroxylation sites is 1. The monoisotopic (exact) mass is 564 g/mol. The summed E-state index contributed by atoms with van der Waals surface area (Å²) in [5, 5.41) is 9.15. The molecular formula is C22H21IN4O4S. The van der Waals surface area contributed by atoms with Crippen molar-refractivity contribution in [1.82, 2.24) is 15.2 Å². The number of hydrogen-bond donors (Lipinski definition) is 0. The third-order valence-electron chi connectivity index (χ3n) is 4.87. The van der Waals surface area contributed by atoms with Gasteiger partial charge in [0.2, 0.25) is 23.2 Å².